The Morgan fingerprint density at radius 2 is 2.08 bits per heavy atom. The first kappa shape index (κ1) is 19.2. The zero-order chi connectivity index (χ0) is 18.6. The van der Waals surface area contributed by atoms with E-state index in [0.717, 1.165) is 30.9 Å². The van der Waals surface area contributed by atoms with Gasteiger partial charge in [-0.05, 0) is 42.4 Å². The van der Waals surface area contributed by atoms with Crippen molar-refractivity contribution in [1.82, 2.24) is 10.2 Å². The van der Waals surface area contributed by atoms with Crippen LogP contribution >= 0.6 is 0 Å². The molecule has 144 valence electrons. The van der Waals surface area contributed by atoms with Gasteiger partial charge in [0.25, 0.3) is 0 Å². The summed E-state index contributed by atoms with van der Waals surface area (Å²) in [5, 5.41) is 3.08. The number of amides is 1. The third kappa shape index (κ3) is 4.04. The average Bonchev–Trinajstić information content (AvgIpc) is 3.23. The number of nitrogens with zero attached hydrogens (tertiary/aromatic N) is 1. The van der Waals surface area contributed by atoms with Gasteiger partial charge in [-0.2, -0.15) is 0 Å². The first-order chi connectivity index (χ1) is 12.6. The SMILES string of the molecule is COCCNC(=O)C1CN(Cc2ccc(OC)c(C)c2)CC12CCCC2. The molecule has 1 heterocycles. The highest BCUT2D eigenvalue weighted by Gasteiger charge is 2.50. The number of methoxy groups -OCH3 is 2. The summed E-state index contributed by atoms with van der Waals surface area (Å²) in [4.78, 5) is 15.3. The quantitative estimate of drug-likeness (QED) is 0.760. The lowest BCUT2D eigenvalue weighted by Gasteiger charge is -2.29. The number of ether oxygens (including phenoxy) is 2. The molecule has 1 atom stereocenters. The highest BCUT2D eigenvalue weighted by atomic mass is 16.5. The molecule has 1 aromatic carbocycles. The van der Waals surface area contributed by atoms with E-state index < -0.39 is 0 Å². The second-order valence-electron chi connectivity index (χ2n) is 7.88. The average molecular weight is 360 g/mol. The molecule has 1 spiro atoms. The summed E-state index contributed by atoms with van der Waals surface area (Å²) < 4.78 is 10.4. The molecule has 0 radical (unpaired) electrons. The van der Waals surface area contributed by atoms with Gasteiger partial charge < -0.3 is 14.8 Å². The van der Waals surface area contributed by atoms with E-state index in [9.17, 15) is 4.79 Å². The molecular weight excluding hydrogens is 328 g/mol. The van der Waals surface area contributed by atoms with Crippen LogP contribution in [-0.4, -0.2) is 51.3 Å². The van der Waals surface area contributed by atoms with Crippen molar-refractivity contribution in [3.63, 3.8) is 0 Å². The Labute approximate surface area is 157 Å². The van der Waals surface area contributed by atoms with Gasteiger partial charge in [0.1, 0.15) is 5.75 Å². The summed E-state index contributed by atoms with van der Waals surface area (Å²) in [5.41, 5.74) is 2.61. The van der Waals surface area contributed by atoms with E-state index in [0.29, 0.717) is 13.2 Å². The normalized spacial score (nSPS) is 22.0. The van der Waals surface area contributed by atoms with Gasteiger partial charge in [-0.1, -0.05) is 25.0 Å². The van der Waals surface area contributed by atoms with E-state index in [1.165, 1.54) is 31.2 Å². The van der Waals surface area contributed by atoms with Crippen molar-refractivity contribution < 1.29 is 14.3 Å². The number of rotatable bonds is 7. The molecular formula is C21H32N2O3. The Morgan fingerprint density at radius 3 is 2.73 bits per heavy atom. The number of nitrogens with one attached hydrogen (secondary N) is 1. The minimum absolute atomic E-state index is 0.0983. The molecule has 1 aliphatic heterocycles. The standard InChI is InChI=1S/C21H32N2O3/c1-16-12-17(6-7-19(16)26-3)13-23-14-18(20(24)22-10-11-25-2)21(15-23)8-4-5-9-21/h6-7,12,18H,4-5,8-11,13-15H2,1-3H3,(H,22,24). The fraction of sp³-hybridized carbons (Fsp3) is 0.667. The molecule has 1 unspecified atom stereocenters. The van der Waals surface area contributed by atoms with Crippen LogP contribution in [0.1, 0.15) is 36.8 Å². The maximum atomic E-state index is 12.8. The monoisotopic (exact) mass is 360 g/mol. The predicted octanol–water partition coefficient (Wildman–Crippen LogP) is 2.76. The summed E-state index contributed by atoms with van der Waals surface area (Å²) >= 11 is 0. The van der Waals surface area contributed by atoms with Crippen molar-refractivity contribution in [2.75, 3.05) is 40.5 Å². The molecule has 1 saturated heterocycles. The second kappa shape index (κ2) is 8.40. The number of hydrogen-bond donors (Lipinski definition) is 1. The first-order valence-corrected chi connectivity index (χ1v) is 9.70. The van der Waals surface area contributed by atoms with Crippen LogP contribution in [0.5, 0.6) is 5.75 Å². The van der Waals surface area contributed by atoms with Crippen molar-refractivity contribution >= 4 is 5.91 Å². The van der Waals surface area contributed by atoms with Crippen LogP contribution in [-0.2, 0) is 16.1 Å². The van der Waals surface area contributed by atoms with Crippen LogP contribution in [0.25, 0.3) is 0 Å². The van der Waals surface area contributed by atoms with Gasteiger partial charge in [-0.25, -0.2) is 0 Å². The van der Waals surface area contributed by atoms with Crippen LogP contribution in [0.2, 0.25) is 0 Å². The molecule has 1 aliphatic carbocycles. The van der Waals surface area contributed by atoms with Crippen molar-refractivity contribution in [3.05, 3.63) is 29.3 Å². The van der Waals surface area contributed by atoms with E-state index in [1.807, 2.05) is 6.07 Å². The van der Waals surface area contributed by atoms with Crippen molar-refractivity contribution in [2.24, 2.45) is 11.3 Å². The Morgan fingerprint density at radius 1 is 1.31 bits per heavy atom. The minimum Gasteiger partial charge on any atom is -0.496 e. The molecule has 26 heavy (non-hydrogen) atoms. The molecule has 0 aromatic heterocycles. The van der Waals surface area contributed by atoms with E-state index >= 15 is 0 Å². The van der Waals surface area contributed by atoms with E-state index in [-0.39, 0.29) is 17.2 Å². The summed E-state index contributed by atoms with van der Waals surface area (Å²) in [6, 6.07) is 6.38. The number of hydrogen-bond acceptors (Lipinski definition) is 4. The molecule has 2 aliphatic rings. The molecule has 1 saturated carbocycles. The highest BCUT2D eigenvalue weighted by molar-refractivity contribution is 5.80. The van der Waals surface area contributed by atoms with Crippen LogP contribution in [0.3, 0.4) is 0 Å². The predicted molar refractivity (Wildman–Crippen MR) is 102 cm³/mol. The summed E-state index contributed by atoms with van der Waals surface area (Å²) in [6.45, 7) is 6.02. The van der Waals surface area contributed by atoms with Gasteiger partial charge in [-0.3, -0.25) is 9.69 Å². The summed E-state index contributed by atoms with van der Waals surface area (Å²) in [7, 11) is 3.37. The van der Waals surface area contributed by atoms with Gasteiger partial charge in [0.2, 0.25) is 5.91 Å². The number of carbonyl (C=O) groups is 1. The van der Waals surface area contributed by atoms with E-state index in [4.69, 9.17) is 9.47 Å². The third-order valence-electron chi connectivity index (χ3n) is 6.11. The lowest BCUT2D eigenvalue weighted by Crippen LogP contribution is -2.41. The molecule has 5 heteroatoms. The zero-order valence-electron chi connectivity index (χ0n) is 16.3. The maximum Gasteiger partial charge on any atom is 0.225 e. The Bertz CT molecular complexity index is 626. The molecule has 2 fully saturated rings. The van der Waals surface area contributed by atoms with E-state index in [2.05, 4.69) is 29.3 Å². The maximum absolute atomic E-state index is 12.8. The van der Waals surface area contributed by atoms with Gasteiger partial charge in [-0.15, -0.1) is 0 Å². The van der Waals surface area contributed by atoms with Crippen LogP contribution in [0, 0.1) is 18.3 Å². The van der Waals surface area contributed by atoms with Crippen molar-refractivity contribution in [2.45, 2.75) is 39.2 Å². The third-order valence-corrected chi connectivity index (χ3v) is 6.11. The molecule has 1 amide bonds. The molecule has 5 nitrogen and oxygen atoms in total. The first-order valence-electron chi connectivity index (χ1n) is 9.70. The zero-order valence-corrected chi connectivity index (χ0v) is 16.3. The van der Waals surface area contributed by atoms with Crippen LogP contribution in [0.4, 0.5) is 0 Å². The lowest BCUT2D eigenvalue weighted by molar-refractivity contribution is -0.127. The summed E-state index contributed by atoms with van der Waals surface area (Å²) in [6.07, 6.45) is 4.84. The van der Waals surface area contributed by atoms with Crippen molar-refractivity contribution in [1.29, 1.82) is 0 Å². The second-order valence-corrected chi connectivity index (χ2v) is 7.88. The van der Waals surface area contributed by atoms with Gasteiger partial charge in [0, 0.05) is 33.3 Å². The van der Waals surface area contributed by atoms with Gasteiger partial charge in [0.05, 0.1) is 19.6 Å². The topological polar surface area (TPSA) is 50.8 Å². The fourth-order valence-electron chi connectivity index (χ4n) is 4.84. The van der Waals surface area contributed by atoms with Crippen molar-refractivity contribution in [3.8, 4) is 5.75 Å². The molecule has 3 rings (SSSR count). The Hall–Kier alpha value is -1.59. The summed E-state index contributed by atoms with van der Waals surface area (Å²) in [5.74, 6) is 1.23. The van der Waals surface area contributed by atoms with Gasteiger partial charge >= 0.3 is 0 Å². The van der Waals surface area contributed by atoms with E-state index in [1.54, 1.807) is 14.2 Å². The van der Waals surface area contributed by atoms with Gasteiger partial charge in [0.15, 0.2) is 0 Å². The largest absolute Gasteiger partial charge is 0.496 e. The minimum atomic E-state index is 0.0983. The smallest absolute Gasteiger partial charge is 0.225 e. The van der Waals surface area contributed by atoms with Crippen LogP contribution in [0.15, 0.2) is 18.2 Å². The lowest BCUT2D eigenvalue weighted by atomic mass is 9.76. The number of likely N-dealkylation sites (tertiary alicyclic amines) is 1. The Balaban J connectivity index is 1.68. The highest BCUT2D eigenvalue weighted by Crippen LogP contribution is 2.49. The van der Waals surface area contributed by atoms with Crippen LogP contribution < -0.4 is 10.1 Å². The molecule has 0 bridgehead atoms. The number of benzene rings is 1. The molecule has 1 N–H and O–H groups in total. The number of carbonyl (C=O) groups excluding carboxylic acids is 1. The Kier molecular flexibility index (Phi) is 6.20. The fourth-order valence-corrected chi connectivity index (χ4v) is 4.84. The number of aryl methyl sites for hydroxylation is 1. The molecule has 1 aromatic rings.